The summed E-state index contributed by atoms with van der Waals surface area (Å²) < 4.78 is 90.3. The first-order valence-electron chi connectivity index (χ1n) is 5.70. The first-order valence-corrected chi connectivity index (χ1v) is 5.70. The van der Waals surface area contributed by atoms with Crippen LogP contribution in [0.4, 0.5) is 30.7 Å². The Morgan fingerprint density at radius 2 is 1.27 bits per heavy atom. The molecule has 0 saturated heterocycles. The van der Waals surface area contributed by atoms with Crippen molar-refractivity contribution in [3.8, 4) is 0 Å². The Bertz CT molecular complexity index is 553. The molecular formula is C13H11F7O2. The summed E-state index contributed by atoms with van der Waals surface area (Å²) in [5.41, 5.74) is -8.10. The molecule has 0 aliphatic rings. The molecule has 0 aromatic heterocycles. The molecule has 1 aromatic rings. The van der Waals surface area contributed by atoms with Crippen molar-refractivity contribution in [3.63, 3.8) is 0 Å². The van der Waals surface area contributed by atoms with Crippen molar-refractivity contribution < 1.29 is 40.9 Å². The molecule has 124 valence electrons. The summed E-state index contributed by atoms with van der Waals surface area (Å²) >= 11 is 0. The van der Waals surface area contributed by atoms with E-state index in [1.807, 2.05) is 0 Å². The number of hydrogen-bond donors (Lipinski definition) is 2. The van der Waals surface area contributed by atoms with E-state index in [4.69, 9.17) is 5.11 Å². The normalized spacial score (nSPS) is 16.3. The maximum absolute atomic E-state index is 13.5. The number of rotatable bonds is 3. The van der Waals surface area contributed by atoms with E-state index in [1.54, 1.807) is 0 Å². The average Bonchev–Trinajstić information content (AvgIpc) is 2.33. The molecule has 2 nitrogen and oxygen atoms in total. The van der Waals surface area contributed by atoms with Crippen LogP contribution in [0.25, 0.3) is 6.08 Å². The third-order valence-electron chi connectivity index (χ3n) is 2.96. The standard InChI is InChI=1S/C13H11F7O2/c1-3-7-4-8(10(2,14)21)6-9(5-7)11(22,12(15,16)17)13(18,19)20/h3-6,21-22H,1H2,2H3. The summed E-state index contributed by atoms with van der Waals surface area (Å²) in [4.78, 5) is 0. The third-order valence-corrected chi connectivity index (χ3v) is 2.96. The molecule has 1 aromatic carbocycles. The molecule has 1 atom stereocenters. The SMILES string of the molecule is C=Cc1cc(C(C)(O)F)cc(C(O)(C(F)(F)F)C(F)(F)F)c1. The zero-order chi connectivity index (χ0) is 17.6. The zero-order valence-corrected chi connectivity index (χ0v) is 11.1. The van der Waals surface area contributed by atoms with Crippen LogP contribution in [0.5, 0.6) is 0 Å². The van der Waals surface area contributed by atoms with E-state index < -0.39 is 34.9 Å². The van der Waals surface area contributed by atoms with Gasteiger partial charge in [0.1, 0.15) is 0 Å². The molecule has 0 radical (unpaired) electrons. The Labute approximate surface area is 120 Å². The fourth-order valence-corrected chi connectivity index (χ4v) is 1.73. The molecule has 22 heavy (non-hydrogen) atoms. The summed E-state index contributed by atoms with van der Waals surface area (Å²) in [5.74, 6) is -3.20. The fraction of sp³-hybridized carbons (Fsp3) is 0.385. The largest absolute Gasteiger partial charge is 0.430 e. The topological polar surface area (TPSA) is 40.5 Å². The molecule has 0 heterocycles. The highest BCUT2D eigenvalue weighted by atomic mass is 19.4. The molecule has 2 N–H and O–H groups in total. The summed E-state index contributed by atoms with van der Waals surface area (Å²) in [6.07, 6.45) is -11.4. The number of hydrogen-bond acceptors (Lipinski definition) is 2. The molecule has 0 bridgehead atoms. The van der Waals surface area contributed by atoms with Crippen molar-refractivity contribution in [3.05, 3.63) is 41.5 Å². The van der Waals surface area contributed by atoms with E-state index in [9.17, 15) is 35.8 Å². The van der Waals surface area contributed by atoms with Gasteiger partial charge in [-0.3, -0.25) is 0 Å². The predicted molar refractivity (Wildman–Crippen MR) is 63.2 cm³/mol. The zero-order valence-electron chi connectivity index (χ0n) is 11.1. The summed E-state index contributed by atoms with van der Waals surface area (Å²) in [6, 6.07) is 1.28. The predicted octanol–water partition coefficient (Wildman–Crippen LogP) is 3.78. The minimum absolute atomic E-state index is 0.105. The van der Waals surface area contributed by atoms with E-state index in [2.05, 4.69) is 6.58 Å². The Kier molecular flexibility index (Phi) is 4.39. The van der Waals surface area contributed by atoms with Gasteiger partial charge in [0.25, 0.3) is 5.60 Å². The lowest BCUT2D eigenvalue weighted by Crippen LogP contribution is -2.54. The molecule has 9 heteroatoms. The van der Waals surface area contributed by atoms with Gasteiger partial charge in [-0.25, -0.2) is 4.39 Å². The van der Waals surface area contributed by atoms with E-state index in [-0.39, 0.29) is 11.6 Å². The van der Waals surface area contributed by atoms with Gasteiger partial charge in [-0.15, -0.1) is 0 Å². The monoisotopic (exact) mass is 332 g/mol. The first-order chi connectivity index (χ1) is 9.64. The van der Waals surface area contributed by atoms with Crippen LogP contribution in [0.2, 0.25) is 0 Å². The summed E-state index contributed by atoms with van der Waals surface area (Å²) in [5, 5.41) is 18.4. The van der Waals surface area contributed by atoms with Crippen LogP contribution >= 0.6 is 0 Å². The van der Waals surface area contributed by atoms with Crippen LogP contribution in [0.3, 0.4) is 0 Å². The van der Waals surface area contributed by atoms with Crippen molar-refractivity contribution in [2.75, 3.05) is 0 Å². The molecule has 0 fully saturated rings. The average molecular weight is 332 g/mol. The van der Waals surface area contributed by atoms with Crippen LogP contribution in [0.15, 0.2) is 24.8 Å². The number of benzene rings is 1. The Morgan fingerprint density at radius 1 is 0.864 bits per heavy atom. The number of aliphatic hydroxyl groups is 2. The fourth-order valence-electron chi connectivity index (χ4n) is 1.73. The van der Waals surface area contributed by atoms with Gasteiger partial charge in [0.2, 0.25) is 5.85 Å². The molecular weight excluding hydrogens is 321 g/mol. The molecule has 0 amide bonds. The van der Waals surface area contributed by atoms with Gasteiger partial charge in [0.05, 0.1) is 0 Å². The highest BCUT2D eigenvalue weighted by molar-refractivity contribution is 5.52. The van der Waals surface area contributed by atoms with E-state index in [0.717, 1.165) is 12.1 Å². The van der Waals surface area contributed by atoms with E-state index in [0.29, 0.717) is 13.0 Å². The van der Waals surface area contributed by atoms with Crippen molar-refractivity contribution in [1.29, 1.82) is 0 Å². The number of alkyl halides is 7. The Balaban J connectivity index is 3.75. The van der Waals surface area contributed by atoms with E-state index in [1.165, 1.54) is 0 Å². The van der Waals surface area contributed by atoms with Gasteiger partial charge < -0.3 is 10.2 Å². The Hall–Kier alpha value is -1.61. The van der Waals surface area contributed by atoms with Gasteiger partial charge in [0.15, 0.2) is 0 Å². The lowest BCUT2D eigenvalue weighted by atomic mass is 9.88. The first kappa shape index (κ1) is 18.4. The minimum Gasteiger partial charge on any atom is -0.369 e. The third kappa shape index (κ3) is 3.09. The maximum atomic E-state index is 13.5. The lowest BCUT2D eigenvalue weighted by molar-refractivity contribution is -0.376. The van der Waals surface area contributed by atoms with Gasteiger partial charge in [-0.1, -0.05) is 12.7 Å². The van der Waals surface area contributed by atoms with Gasteiger partial charge in [-0.2, -0.15) is 26.3 Å². The molecule has 0 aliphatic heterocycles. The molecule has 1 unspecified atom stereocenters. The second kappa shape index (κ2) is 5.24. The van der Waals surface area contributed by atoms with Crippen LogP contribution in [-0.4, -0.2) is 22.6 Å². The van der Waals surface area contributed by atoms with Crippen molar-refractivity contribution in [1.82, 2.24) is 0 Å². The molecule has 0 saturated carbocycles. The van der Waals surface area contributed by atoms with Crippen LogP contribution in [0, 0.1) is 0 Å². The highest BCUT2D eigenvalue weighted by Crippen LogP contribution is 2.50. The van der Waals surface area contributed by atoms with E-state index >= 15 is 0 Å². The second-order valence-electron chi connectivity index (χ2n) is 4.71. The van der Waals surface area contributed by atoms with Crippen molar-refractivity contribution in [2.45, 2.75) is 30.7 Å². The van der Waals surface area contributed by atoms with Crippen molar-refractivity contribution in [2.24, 2.45) is 0 Å². The number of halogens is 7. The summed E-state index contributed by atoms with van der Waals surface area (Å²) in [7, 11) is 0. The smallest absolute Gasteiger partial charge is 0.369 e. The Morgan fingerprint density at radius 3 is 1.59 bits per heavy atom. The van der Waals surface area contributed by atoms with Gasteiger partial charge in [-0.05, 0) is 30.7 Å². The lowest BCUT2D eigenvalue weighted by Gasteiger charge is -2.33. The maximum Gasteiger partial charge on any atom is 0.430 e. The van der Waals surface area contributed by atoms with Gasteiger partial charge >= 0.3 is 12.4 Å². The van der Waals surface area contributed by atoms with Crippen LogP contribution in [0.1, 0.15) is 23.6 Å². The highest BCUT2D eigenvalue weighted by Gasteiger charge is 2.71. The summed E-state index contributed by atoms with van der Waals surface area (Å²) in [6.45, 7) is 3.68. The minimum atomic E-state index is -6.11. The second-order valence-corrected chi connectivity index (χ2v) is 4.71. The molecule has 1 rings (SSSR count). The molecule has 0 spiro atoms. The van der Waals surface area contributed by atoms with Crippen molar-refractivity contribution >= 4 is 6.08 Å². The van der Waals surface area contributed by atoms with Crippen LogP contribution in [-0.2, 0) is 11.5 Å². The van der Waals surface area contributed by atoms with Crippen LogP contribution < -0.4 is 0 Å². The van der Waals surface area contributed by atoms with Gasteiger partial charge in [0, 0.05) is 11.1 Å². The molecule has 0 aliphatic carbocycles. The quantitative estimate of drug-likeness (QED) is 0.827.